The lowest BCUT2D eigenvalue weighted by Crippen LogP contribution is -2.38. The molecule has 1 aliphatic rings. The van der Waals surface area contributed by atoms with Crippen LogP contribution in [0, 0.1) is 12.8 Å². The highest BCUT2D eigenvalue weighted by atomic mass is 16.3. The van der Waals surface area contributed by atoms with Crippen molar-refractivity contribution in [1.29, 1.82) is 0 Å². The van der Waals surface area contributed by atoms with E-state index in [0.717, 1.165) is 43.9 Å². The smallest absolute Gasteiger partial charge is 0.206 e. The molecule has 4 heteroatoms. The molecule has 25 heavy (non-hydrogen) atoms. The van der Waals surface area contributed by atoms with Crippen molar-refractivity contribution < 1.29 is 5.11 Å². The summed E-state index contributed by atoms with van der Waals surface area (Å²) in [6, 6.07) is 17.1. The number of rotatable bonds is 4. The number of aryl methyl sites for hydroxylation is 1. The van der Waals surface area contributed by atoms with Crippen molar-refractivity contribution in [2.45, 2.75) is 26.3 Å². The number of benzene rings is 2. The molecule has 1 N–H and O–H groups in total. The molecule has 1 saturated heterocycles. The number of fused-ring (bicyclic) bond motifs is 1. The SMILES string of the molecule is Cc1ccc(Cn2c(N3CCCC(CO)C3)nc3ccccc32)cc1. The summed E-state index contributed by atoms with van der Waals surface area (Å²) >= 11 is 0. The van der Waals surface area contributed by atoms with Gasteiger partial charge in [0.1, 0.15) is 0 Å². The zero-order valence-electron chi connectivity index (χ0n) is 14.7. The highest BCUT2D eigenvalue weighted by molar-refractivity contribution is 5.79. The number of para-hydroxylation sites is 2. The first-order valence-corrected chi connectivity index (χ1v) is 9.11. The average Bonchev–Trinajstić information content (AvgIpc) is 3.02. The molecule has 4 nitrogen and oxygen atoms in total. The van der Waals surface area contributed by atoms with Gasteiger partial charge in [0.05, 0.1) is 17.6 Å². The van der Waals surface area contributed by atoms with Gasteiger partial charge in [0, 0.05) is 19.7 Å². The van der Waals surface area contributed by atoms with Crippen LogP contribution >= 0.6 is 0 Å². The quantitative estimate of drug-likeness (QED) is 0.792. The Morgan fingerprint density at radius 1 is 1.12 bits per heavy atom. The third-order valence-corrected chi connectivity index (χ3v) is 5.16. The zero-order valence-corrected chi connectivity index (χ0v) is 14.7. The van der Waals surface area contributed by atoms with E-state index in [0.29, 0.717) is 5.92 Å². The first-order chi connectivity index (χ1) is 12.2. The number of aliphatic hydroxyl groups is 1. The van der Waals surface area contributed by atoms with Crippen molar-refractivity contribution in [2.24, 2.45) is 5.92 Å². The highest BCUT2D eigenvalue weighted by Gasteiger charge is 2.24. The number of hydrogen-bond donors (Lipinski definition) is 1. The molecule has 1 unspecified atom stereocenters. The lowest BCUT2D eigenvalue weighted by atomic mass is 9.99. The van der Waals surface area contributed by atoms with Gasteiger partial charge in [0.15, 0.2) is 0 Å². The second kappa shape index (κ2) is 6.89. The minimum atomic E-state index is 0.259. The molecule has 0 bridgehead atoms. The van der Waals surface area contributed by atoms with Crippen LogP contribution in [0.3, 0.4) is 0 Å². The van der Waals surface area contributed by atoms with Gasteiger partial charge in [-0.15, -0.1) is 0 Å². The average molecular weight is 335 g/mol. The molecule has 1 aliphatic heterocycles. The summed E-state index contributed by atoms with van der Waals surface area (Å²) < 4.78 is 2.32. The van der Waals surface area contributed by atoms with Crippen molar-refractivity contribution in [2.75, 3.05) is 24.6 Å². The van der Waals surface area contributed by atoms with Crippen LogP contribution in [0.25, 0.3) is 11.0 Å². The molecule has 3 aromatic rings. The lowest BCUT2D eigenvalue weighted by Gasteiger charge is -2.33. The second-order valence-electron chi connectivity index (χ2n) is 7.11. The van der Waals surface area contributed by atoms with Gasteiger partial charge < -0.3 is 14.6 Å². The Morgan fingerprint density at radius 2 is 1.92 bits per heavy atom. The Morgan fingerprint density at radius 3 is 2.72 bits per heavy atom. The fourth-order valence-electron chi connectivity index (χ4n) is 3.73. The first kappa shape index (κ1) is 16.2. The third-order valence-electron chi connectivity index (χ3n) is 5.16. The fourth-order valence-corrected chi connectivity index (χ4v) is 3.73. The number of anilines is 1. The maximum atomic E-state index is 9.57. The van der Waals surface area contributed by atoms with Crippen LogP contribution < -0.4 is 4.90 Å². The summed E-state index contributed by atoms with van der Waals surface area (Å²) in [5.41, 5.74) is 4.77. The first-order valence-electron chi connectivity index (χ1n) is 9.11. The van der Waals surface area contributed by atoms with Crippen LogP contribution in [0.5, 0.6) is 0 Å². The molecule has 1 aromatic heterocycles. The lowest BCUT2D eigenvalue weighted by molar-refractivity contribution is 0.208. The second-order valence-corrected chi connectivity index (χ2v) is 7.11. The topological polar surface area (TPSA) is 41.3 Å². The molecule has 130 valence electrons. The zero-order chi connectivity index (χ0) is 17.2. The van der Waals surface area contributed by atoms with Crippen molar-refractivity contribution in [1.82, 2.24) is 9.55 Å². The van der Waals surface area contributed by atoms with Crippen LogP contribution in [0.2, 0.25) is 0 Å². The number of piperidine rings is 1. The molecule has 0 spiro atoms. The van der Waals surface area contributed by atoms with Gasteiger partial charge in [0.25, 0.3) is 0 Å². The summed E-state index contributed by atoms with van der Waals surface area (Å²) in [6.45, 7) is 5.08. The van der Waals surface area contributed by atoms with Gasteiger partial charge in [-0.05, 0) is 43.4 Å². The molecular formula is C21H25N3O. The number of imidazole rings is 1. The van der Waals surface area contributed by atoms with Crippen LogP contribution in [0.4, 0.5) is 5.95 Å². The molecule has 0 aliphatic carbocycles. The molecule has 1 atom stereocenters. The van der Waals surface area contributed by atoms with Gasteiger partial charge in [-0.1, -0.05) is 42.0 Å². The normalized spacial score (nSPS) is 18.0. The number of hydrogen-bond acceptors (Lipinski definition) is 3. The van der Waals surface area contributed by atoms with Crippen LogP contribution in [0.1, 0.15) is 24.0 Å². The van der Waals surface area contributed by atoms with Crippen molar-refractivity contribution >= 4 is 17.0 Å². The summed E-state index contributed by atoms with van der Waals surface area (Å²) in [5, 5.41) is 9.57. The van der Waals surface area contributed by atoms with Crippen molar-refractivity contribution in [3.8, 4) is 0 Å². The van der Waals surface area contributed by atoms with Crippen LogP contribution in [-0.2, 0) is 6.54 Å². The van der Waals surface area contributed by atoms with Crippen LogP contribution in [0.15, 0.2) is 48.5 Å². The van der Waals surface area contributed by atoms with Crippen molar-refractivity contribution in [3.63, 3.8) is 0 Å². The third kappa shape index (κ3) is 3.27. The number of aromatic nitrogens is 2. The van der Waals surface area contributed by atoms with Crippen molar-refractivity contribution in [3.05, 3.63) is 59.7 Å². The number of nitrogens with zero attached hydrogens (tertiary/aromatic N) is 3. The summed E-state index contributed by atoms with van der Waals surface area (Å²) in [6.07, 6.45) is 2.21. The van der Waals surface area contributed by atoms with E-state index in [4.69, 9.17) is 4.98 Å². The molecule has 0 radical (unpaired) electrons. The molecule has 4 rings (SSSR count). The monoisotopic (exact) mass is 335 g/mol. The predicted octanol–water partition coefficient (Wildman–Crippen LogP) is 3.60. The largest absolute Gasteiger partial charge is 0.396 e. The Hall–Kier alpha value is -2.33. The summed E-state index contributed by atoms with van der Waals surface area (Å²) in [7, 11) is 0. The Balaban J connectivity index is 1.74. The van der Waals surface area contributed by atoms with E-state index in [9.17, 15) is 5.11 Å². The Bertz CT molecular complexity index is 853. The minimum absolute atomic E-state index is 0.259. The van der Waals surface area contributed by atoms with E-state index in [2.05, 4.69) is 58.9 Å². The van der Waals surface area contributed by atoms with Crippen LogP contribution in [-0.4, -0.2) is 34.4 Å². The maximum absolute atomic E-state index is 9.57. The molecule has 2 aromatic carbocycles. The predicted molar refractivity (Wildman–Crippen MR) is 102 cm³/mol. The maximum Gasteiger partial charge on any atom is 0.206 e. The van der Waals surface area contributed by atoms with Gasteiger partial charge in [-0.25, -0.2) is 4.98 Å². The van der Waals surface area contributed by atoms with E-state index in [-0.39, 0.29) is 6.61 Å². The van der Waals surface area contributed by atoms with Gasteiger partial charge in [-0.3, -0.25) is 0 Å². The molecule has 0 saturated carbocycles. The summed E-state index contributed by atoms with van der Waals surface area (Å²) in [4.78, 5) is 7.27. The van der Waals surface area contributed by atoms with E-state index in [1.165, 1.54) is 16.6 Å². The molecular weight excluding hydrogens is 310 g/mol. The van der Waals surface area contributed by atoms with Gasteiger partial charge >= 0.3 is 0 Å². The number of aliphatic hydroxyl groups excluding tert-OH is 1. The van der Waals surface area contributed by atoms with Gasteiger partial charge in [0.2, 0.25) is 5.95 Å². The van der Waals surface area contributed by atoms with E-state index in [1.54, 1.807) is 0 Å². The fraction of sp³-hybridized carbons (Fsp3) is 0.381. The molecule has 2 heterocycles. The Labute approximate surface area is 148 Å². The summed E-state index contributed by atoms with van der Waals surface area (Å²) in [5.74, 6) is 1.38. The Kier molecular flexibility index (Phi) is 4.45. The van der Waals surface area contributed by atoms with E-state index < -0.39 is 0 Å². The van der Waals surface area contributed by atoms with E-state index >= 15 is 0 Å². The van der Waals surface area contributed by atoms with Gasteiger partial charge in [-0.2, -0.15) is 0 Å². The van der Waals surface area contributed by atoms with E-state index in [1.807, 2.05) is 6.07 Å². The molecule has 0 amide bonds. The molecule has 1 fully saturated rings. The highest BCUT2D eigenvalue weighted by Crippen LogP contribution is 2.27. The minimum Gasteiger partial charge on any atom is -0.396 e. The standard InChI is InChI=1S/C21H25N3O/c1-16-8-10-17(11-9-16)14-24-20-7-3-2-6-19(20)22-21(24)23-12-4-5-18(13-23)15-25/h2-3,6-11,18,25H,4-5,12-15H2,1H3.